The number of nitrogens with one attached hydrogen (secondary N) is 1. The van der Waals surface area contributed by atoms with E-state index in [2.05, 4.69) is 18.8 Å². The highest BCUT2D eigenvalue weighted by molar-refractivity contribution is 4.90. The van der Waals surface area contributed by atoms with Crippen LogP contribution in [-0.2, 0) is 0 Å². The van der Waals surface area contributed by atoms with Gasteiger partial charge < -0.3 is 11.1 Å². The molecule has 0 aromatic heterocycles. The van der Waals surface area contributed by atoms with Gasteiger partial charge in [0.2, 0.25) is 0 Å². The second-order valence-corrected chi connectivity index (χ2v) is 3.72. The highest BCUT2D eigenvalue weighted by atomic mass is 15.0. The normalized spacial score (nSPS) is 31.8. The van der Waals surface area contributed by atoms with Crippen LogP contribution in [0.4, 0.5) is 0 Å². The lowest BCUT2D eigenvalue weighted by atomic mass is 10.0. The topological polar surface area (TPSA) is 38.0 Å². The Labute approximate surface area is 75.2 Å². The predicted octanol–water partition coefficient (Wildman–Crippen LogP) is 1.28. The van der Waals surface area contributed by atoms with Crippen molar-refractivity contribution in [2.24, 2.45) is 11.7 Å². The Kier molecular flexibility index (Phi) is 3.76. The fourth-order valence-electron chi connectivity index (χ4n) is 1.94. The van der Waals surface area contributed by atoms with Gasteiger partial charge in [0.1, 0.15) is 0 Å². The van der Waals surface area contributed by atoms with Gasteiger partial charge >= 0.3 is 0 Å². The molecule has 0 amide bonds. The number of hydrogen-bond donors (Lipinski definition) is 2. The molecule has 3 unspecified atom stereocenters. The molecular weight excluding hydrogens is 148 g/mol. The van der Waals surface area contributed by atoms with Crippen LogP contribution in [0.15, 0.2) is 12.7 Å². The molecule has 0 bridgehead atoms. The molecule has 0 aromatic rings. The van der Waals surface area contributed by atoms with Crippen molar-refractivity contribution in [2.75, 3.05) is 6.54 Å². The van der Waals surface area contributed by atoms with Gasteiger partial charge in [-0.1, -0.05) is 12.5 Å². The van der Waals surface area contributed by atoms with Crippen LogP contribution in [0.25, 0.3) is 0 Å². The van der Waals surface area contributed by atoms with E-state index >= 15 is 0 Å². The Balaban J connectivity index is 2.34. The zero-order valence-corrected chi connectivity index (χ0v) is 7.92. The molecule has 0 heterocycles. The molecule has 2 nitrogen and oxygen atoms in total. The third kappa shape index (κ3) is 2.32. The largest absolute Gasteiger partial charge is 0.330 e. The average molecular weight is 168 g/mol. The predicted molar refractivity (Wildman–Crippen MR) is 53.0 cm³/mol. The van der Waals surface area contributed by atoms with Crippen LogP contribution >= 0.6 is 0 Å². The van der Waals surface area contributed by atoms with Gasteiger partial charge in [-0.2, -0.15) is 0 Å². The molecule has 2 heteroatoms. The van der Waals surface area contributed by atoms with E-state index in [-0.39, 0.29) is 0 Å². The summed E-state index contributed by atoms with van der Waals surface area (Å²) >= 11 is 0. The van der Waals surface area contributed by atoms with Crippen LogP contribution < -0.4 is 11.1 Å². The zero-order valence-electron chi connectivity index (χ0n) is 7.92. The number of hydrogen-bond acceptors (Lipinski definition) is 2. The molecule has 70 valence electrons. The maximum atomic E-state index is 5.68. The van der Waals surface area contributed by atoms with Crippen LogP contribution in [0.3, 0.4) is 0 Å². The van der Waals surface area contributed by atoms with E-state index in [1.54, 1.807) is 0 Å². The van der Waals surface area contributed by atoms with E-state index in [4.69, 9.17) is 5.73 Å². The van der Waals surface area contributed by atoms with E-state index in [1.807, 2.05) is 6.08 Å². The van der Waals surface area contributed by atoms with Crippen LogP contribution in [0.1, 0.15) is 26.2 Å². The third-order valence-corrected chi connectivity index (χ3v) is 2.79. The fourth-order valence-corrected chi connectivity index (χ4v) is 1.94. The molecule has 3 atom stereocenters. The van der Waals surface area contributed by atoms with Gasteiger partial charge in [0.05, 0.1) is 0 Å². The van der Waals surface area contributed by atoms with E-state index < -0.39 is 0 Å². The molecule has 0 spiro atoms. The summed E-state index contributed by atoms with van der Waals surface area (Å²) in [7, 11) is 0. The second kappa shape index (κ2) is 4.63. The fraction of sp³-hybridized carbons (Fsp3) is 0.800. The second-order valence-electron chi connectivity index (χ2n) is 3.72. The van der Waals surface area contributed by atoms with Crippen molar-refractivity contribution in [1.82, 2.24) is 5.32 Å². The molecule has 1 aliphatic carbocycles. The molecule has 0 aromatic carbocycles. The molecular formula is C10H20N2. The minimum absolute atomic E-state index is 0.419. The van der Waals surface area contributed by atoms with Gasteiger partial charge in [-0.15, -0.1) is 6.58 Å². The number of rotatable bonds is 4. The van der Waals surface area contributed by atoms with Gasteiger partial charge in [-0.3, -0.25) is 0 Å². The smallest absolute Gasteiger partial charge is 0.0221 e. The summed E-state index contributed by atoms with van der Waals surface area (Å²) in [6.45, 7) is 6.72. The van der Waals surface area contributed by atoms with Crippen molar-refractivity contribution < 1.29 is 0 Å². The summed E-state index contributed by atoms with van der Waals surface area (Å²) in [6, 6.07) is 1.05. The average Bonchev–Trinajstić information content (AvgIpc) is 2.51. The van der Waals surface area contributed by atoms with E-state index in [9.17, 15) is 0 Å². The Morgan fingerprint density at radius 2 is 2.42 bits per heavy atom. The van der Waals surface area contributed by atoms with Gasteiger partial charge in [0.25, 0.3) is 0 Å². The van der Waals surface area contributed by atoms with Crippen LogP contribution in [0, 0.1) is 5.92 Å². The SMILES string of the molecule is C=CC(C)NC1CCCC1CN. The van der Waals surface area contributed by atoms with Crippen molar-refractivity contribution in [1.29, 1.82) is 0 Å². The van der Waals surface area contributed by atoms with Crippen molar-refractivity contribution in [3.8, 4) is 0 Å². The Hall–Kier alpha value is -0.340. The first-order valence-corrected chi connectivity index (χ1v) is 4.86. The monoisotopic (exact) mass is 168 g/mol. The van der Waals surface area contributed by atoms with E-state index in [0.717, 1.165) is 6.54 Å². The van der Waals surface area contributed by atoms with Gasteiger partial charge in [-0.25, -0.2) is 0 Å². The highest BCUT2D eigenvalue weighted by Crippen LogP contribution is 2.24. The Morgan fingerprint density at radius 3 is 3.00 bits per heavy atom. The molecule has 1 saturated carbocycles. The van der Waals surface area contributed by atoms with Crippen molar-refractivity contribution in [2.45, 2.75) is 38.3 Å². The first-order chi connectivity index (χ1) is 5.77. The molecule has 3 N–H and O–H groups in total. The first kappa shape index (κ1) is 9.75. The molecule has 0 radical (unpaired) electrons. The van der Waals surface area contributed by atoms with Crippen molar-refractivity contribution in [3.63, 3.8) is 0 Å². The van der Waals surface area contributed by atoms with Crippen LogP contribution in [-0.4, -0.2) is 18.6 Å². The van der Waals surface area contributed by atoms with Gasteiger partial charge in [-0.05, 0) is 32.2 Å². The lowest BCUT2D eigenvalue weighted by molar-refractivity contribution is 0.392. The molecule has 12 heavy (non-hydrogen) atoms. The summed E-state index contributed by atoms with van der Waals surface area (Å²) < 4.78 is 0. The first-order valence-electron chi connectivity index (χ1n) is 4.86. The maximum Gasteiger partial charge on any atom is 0.0221 e. The Bertz CT molecular complexity index is 145. The van der Waals surface area contributed by atoms with Gasteiger partial charge in [0.15, 0.2) is 0 Å². The Morgan fingerprint density at radius 1 is 1.67 bits per heavy atom. The number of nitrogens with two attached hydrogens (primary N) is 1. The minimum atomic E-state index is 0.419. The van der Waals surface area contributed by atoms with Crippen LogP contribution in [0.2, 0.25) is 0 Å². The van der Waals surface area contributed by atoms with Crippen molar-refractivity contribution >= 4 is 0 Å². The van der Waals surface area contributed by atoms with Gasteiger partial charge in [0, 0.05) is 12.1 Å². The summed E-state index contributed by atoms with van der Waals surface area (Å²) in [6.07, 6.45) is 5.84. The lowest BCUT2D eigenvalue weighted by Gasteiger charge is -2.22. The molecule has 1 fully saturated rings. The standard InChI is InChI=1S/C10H20N2/c1-3-8(2)12-10-6-4-5-9(10)7-11/h3,8-10,12H,1,4-7,11H2,2H3. The van der Waals surface area contributed by atoms with E-state index in [0.29, 0.717) is 18.0 Å². The maximum absolute atomic E-state index is 5.68. The van der Waals surface area contributed by atoms with Crippen LogP contribution in [0.5, 0.6) is 0 Å². The molecule has 0 aliphatic heterocycles. The molecule has 1 rings (SSSR count). The lowest BCUT2D eigenvalue weighted by Crippen LogP contribution is -2.40. The summed E-state index contributed by atoms with van der Waals surface area (Å²) in [4.78, 5) is 0. The summed E-state index contributed by atoms with van der Waals surface area (Å²) in [5.74, 6) is 0.687. The summed E-state index contributed by atoms with van der Waals surface area (Å²) in [5, 5.41) is 3.53. The zero-order chi connectivity index (χ0) is 8.97. The minimum Gasteiger partial charge on any atom is -0.330 e. The highest BCUT2D eigenvalue weighted by Gasteiger charge is 2.25. The summed E-state index contributed by atoms with van der Waals surface area (Å²) in [5.41, 5.74) is 5.68. The molecule has 0 saturated heterocycles. The quantitative estimate of drug-likeness (QED) is 0.621. The van der Waals surface area contributed by atoms with Crippen molar-refractivity contribution in [3.05, 3.63) is 12.7 Å². The van der Waals surface area contributed by atoms with E-state index in [1.165, 1.54) is 19.3 Å². The molecule has 1 aliphatic rings. The third-order valence-electron chi connectivity index (χ3n) is 2.79.